The number of non-ortho nitro benzene ring substituents is 1. The molecule has 5 nitrogen and oxygen atoms in total. The first-order valence-electron chi connectivity index (χ1n) is 5.02. The summed E-state index contributed by atoms with van der Waals surface area (Å²) in [5.41, 5.74) is 0.762. The molecule has 1 aromatic carbocycles. The molecule has 0 radical (unpaired) electrons. The minimum atomic E-state index is -0.427. The van der Waals surface area contributed by atoms with Crippen LogP contribution in [-0.4, -0.2) is 11.1 Å². The smallest absolute Gasteiger partial charge is 0.270 e. The molecular formula is C12H10N2O3. The van der Waals surface area contributed by atoms with Crippen molar-refractivity contribution in [2.24, 2.45) is 4.99 Å². The lowest BCUT2D eigenvalue weighted by molar-refractivity contribution is -0.384. The third-order valence-electron chi connectivity index (χ3n) is 2.15. The molecule has 0 fully saturated rings. The summed E-state index contributed by atoms with van der Waals surface area (Å²) >= 11 is 0. The number of nitro benzene ring substituents is 1. The van der Waals surface area contributed by atoms with Crippen molar-refractivity contribution in [2.45, 2.75) is 6.54 Å². The summed E-state index contributed by atoms with van der Waals surface area (Å²) < 4.78 is 5.11. The predicted octanol–water partition coefficient (Wildman–Crippen LogP) is 2.81. The van der Waals surface area contributed by atoms with E-state index in [2.05, 4.69) is 4.99 Å². The second-order valence-electron chi connectivity index (χ2n) is 3.40. The molecule has 1 aromatic heterocycles. The number of nitro groups is 1. The fourth-order valence-electron chi connectivity index (χ4n) is 1.36. The van der Waals surface area contributed by atoms with E-state index < -0.39 is 4.92 Å². The van der Waals surface area contributed by atoms with Crippen molar-refractivity contribution in [3.63, 3.8) is 0 Å². The van der Waals surface area contributed by atoms with Gasteiger partial charge in [-0.25, -0.2) is 0 Å². The molecule has 0 N–H and O–H groups in total. The second-order valence-corrected chi connectivity index (χ2v) is 3.40. The van der Waals surface area contributed by atoms with Crippen molar-refractivity contribution in [2.75, 3.05) is 0 Å². The Morgan fingerprint density at radius 1 is 1.35 bits per heavy atom. The number of nitrogens with zero attached hydrogens (tertiary/aromatic N) is 2. The minimum absolute atomic E-state index is 0.0620. The predicted molar refractivity (Wildman–Crippen MR) is 63.1 cm³/mol. The van der Waals surface area contributed by atoms with Gasteiger partial charge in [0.25, 0.3) is 5.69 Å². The molecular weight excluding hydrogens is 220 g/mol. The summed E-state index contributed by atoms with van der Waals surface area (Å²) in [4.78, 5) is 14.3. The monoisotopic (exact) mass is 230 g/mol. The molecule has 0 unspecified atom stereocenters. The Kier molecular flexibility index (Phi) is 3.30. The molecule has 0 saturated carbocycles. The number of rotatable bonds is 4. The van der Waals surface area contributed by atoms with Crippen LogP contribution in [0.4, 0.5) is 5.69 Å². The summed E-state index contributed by atoms with van der Waals surface area (Å²) in [6.45, 7) is 0.426. The normalized spacial score (nSPS) is 10.8. The summed E-state index contributed by atoms with van der Waals surface area (Å²) in [6.07, 6.45) is 3.17. The van der Waals surface area contributed by atoms with Crippen molar-refractivity contribution in [1.29, 1.82) is 0 Å². The summed E-state index contributed by atoms with van der Waals surface area (Å²) in [7, 11) is 0. The molecule has 1 heterocycles. The van der Waals surface area contributed by atoms with E-state index in [-0.39, 0.29) is 5.69 Å². The molecule has 0 atom stereocenters. The molecule has 86 valence electrons. The Bertz CT molecular complexity index is 532. The van der Waals surface area contributed by atoms with Crippen LogP contribution in [0.2, 0.25) is 0 Å². The zero-order chi connectivity index (χ0) is 12.1. The lowest BCUT2D eigenvalue weighted by Crippen LogP contribution is -1.89. The quantitative estimate of drug-likeness (QED) is 0.460. The Balaban J connectivity index is 2.05. The van der Waals surface area contributed by atoms with E-state index in [1.165, 1.54) is 12.1 Å². The zero-order valence-electron chi connectivity index (χ0n) is 8.95. The van der Waals surface area contributed by atoms with E-state index in [1.54, 1.807) is 30.7 Å². The molecule has 2 rings (SSSR count). The van der Waals surface area contributed by atoms with Crippen LogP contribution >= 0.6 is 0 Å². The first kappa shape index (κ1) is 11.1. The molecule has 0 aliphatic rings. The van der Waals surface area contributed by atoms with Crippen molar-refractivity contribution in [3.8, 4) is 0 Å². The maximum absolute atomic E-state index is 10.6. The third-order valence-corrected chi connectivity index (χ3v) is 2.15. The van der Waals surface area contributed by atoms with Gasteiger partial charge in [-0.15, -0.1) is 0 Å². The van der Waals surface area contributed by atoms with Crippen LogP contribution in [0.1, 0.15) is 11.3 Å². The molecule has 17 heavy (non-hydrogen) atoms. The van der Waals surface area contributed by atoms with Crippen LogP contribution in [0.15, 0.2) is 52.1 Å². The van der Waals surface area contributed by atoms with Gasteiger partial charge in [-0.1, -0.05) is 12.1 Å². The van der Waals surface area contributed by atoms with E-state index in [1.807, 2.05) is 6.07 Å². The van der Waals surface area contributed by atoms with E-state index in [9.17, 15) is 10.1 Å². The molecule has 0 bridgehead atoms. The lowest BCUT2D eigenvalue weighted by Gasteiger charge is -1.93. The van der Waals surface area contributed by atoms with E-state index in [4.69, 9.17) is 4.42 Å². The number of hydrogen-bond acceptors (Lipinski definition) is 4. The van der Waals surface area contributed by atoms with Crippen molar-refractivity contribution >= 4 is 11.9 Å². The standard InChI is InChI=1S/C12H10N2O3/c15-14(16)11-4-1-3-10(7-11)8-13-9-12-5-2-6-17-12/h1-8H,9H2. The van der Waals surface area contributed by atoms with Gasteiger partial charge in [0.15, 0.2) is 0 Å². The SMILES string of the molecule is O=[N+]([O-])c1cccc(C=NCc2ccco2)c1. The fraction of sp³-hybridized carbons (Fsp3) is 0.0833. The summed E-state index contributed by atoms with van der Waals surface area (Å²) in [5, 5.41) is 10.6. The molecule has 0 saturated heterocycles. The first-order chi connectivity index (χ1) is 8.25. The second kappa shape index (κ2) is 5.07. The van der Waals surface area contributed by atoms with Gasteiger partial charge in [0.05, 0.1) is 17.7 Å². The van der Waals surface area contributed by atoms with Crippen LogP contribution in [0.3, 0.4) is 0 Å². The Morgan fingerprint density at radius 2 is 2.24 bits per heavy atom. The number of furan rings is 1. The Morgan fingerprint density at radius 3 is 2.94 bits per heavy atom. The van der Waals surface area contributed by atoms with Crippen LogP contribution in [0.5, 0.6) is 0 Å². The van der Waals surface area contributed by atoms with Crippen LogP contribution in [-0.2, 0) is 6.54 Å². The van der Waals surface area contributed by atoms with Crippen molar-refractivity contribution < 1.29 is 9.34 Å². The molecule has 0 aliphatic heterocycles. The highest BCUT2D eigenvalue weighted by molar-refractivity contribution is 5.80. The highest BCUT2D eigenvalue weighted by Crippen LogP contribution is 2.11. The molecule has 0 spiro atoms. The molecule has 2 aromatic rings. The molecule has 5 heteroatoms. The van der Waals surface area contributed by atoms with Gasteiger partial charge >= 0.3 is 0 Å². The third kappa shape index (κ3) is 3.01. The summed E-state index contributed by atoms with van der Waals surface area (Å²) in [6, 6.07) is 9.93. The number of hydrogen-bond donors (Lipinski definition) is 0. The van der Waals surface area contributed by atoms with Crippen LogP contribution in [0, 0.1) is 10.1 Å². The van der Waals surface area contributed by atoms with Crippen LogP contribution < -0.4 is 0 Å². The highest BCUT2D eigenvalue weighted by atomic mass is 16.6. The van der Waals surface area contributed by atoms with E-state index in [0.717, 1.165) is 5.76 Å². The van der Waals surface area contributed by atoms with Crippen molar-refractivity contribution in [3.05, 3.63) is 64.1 Å². The van der Waals surface area contributed by atoms with Gasteiger partial charge in [-0.3, -0.25) is 15.1 Å². The molecule has 0 aliphatic carbocycles. The highest BCUT2D eigenvalue weighted by Gasteiger charge is 2.03. The summed E-state index contributed by atoms with van der Waals surface area (Å²) in [5.74, 6) is 0.756. The Labute approximate surface area is 97.6 Å². The fourth-order valence-corrected chi connectivity index (χ4v) is 1.36. The lowest BCUT2D eigenvalue weighted by atomic mass is 10.2. The van der Waals surface area contributed by atoms with Crippen molar-refractivity contribution in [1.82, 2.24) is 0 Å². The maximum atomic E-state index is 10.6. The van der Waals surface area contributed by atoms with E-state index >= 15 is 0 Å². The Hall–Kier alpha value is -2.43. The van der Waals surface area contributed by atoms with Gasteiger partial charge in [0.2, 0.25) is 0 Å². The van der Waals surface area contributed by atoms with E-state index in [0.29, 0.717) is 12.1 Å². The van der Waals surface area contributed by atoms with Gasteiger partial charge in [0, 0.05) is 18.3 Å². The maximum Gasteiger partial charge on any atom is 0.270 e. The van der Waals surface area contributed by atoms with Gasteiger partial charge < -0.3 is 4.42 Å². The number of benzene rings is 1. The number of aliphatic imine (C=N–C) groups is 1. The first-order valence-corrected chi connectivity index (χ1v) is 5.02. The zero-order valence-corrected chi connectivity index (χ0v) is 8.95. The van der Waals surface area contributed by atoms with Gasteiger partial charge in [-0.05, 0) is 17.7 Å². The van der Waals surface area contributed by atoms with Gasteiger partial charge in [-0.2, -0.15) is 0 Å². The average Bonchev–Trinajstić information content (AvgIpc) is 2.82. The largest absolute Gasteiger partial charge is 0.467 e. The molecule has 0 amide bonds. The van der Waals surface area contributed by atoms with Gasteiger partial charge in [0.1, 0.15) is 5.76 Å². The topological polar surface area (TPSA) is 68.6 Å². The van der Waals surface area contributed by atoms with Crippen LogP contribution in [0.25, 0.3) is 0 Å². The average molecular weight is 230 g/mol. The minimum Gasteiger partial charge on any atom is -0.467 e.